The first-order valence-electron chi connectivity index (χ1n) is 10.2. The third kappa shape index (κ3) is 3.13. The van der Waals surface area contributed by atoms with Gasteiger partial charge in [-0.2, -0.15) is 4.39 Å². The van der Waals surface area contributed by atoms with E-state index in [0.29, 0.717) is 19.2 Å². The van der Waals surface area contributed by atoms with Crippen molar-refractivity contribution in [2.75, 3.05) is 18.0 Å². The zero-order valence-electron chi connectivity index (χ0n) is 16.8. The summed E-state index contributed by atoms with van der Waals surface area (Å²) < 4.78 is 44.1. The summed E-state index contributed by atoms with van der Waals surface area (Å²) in [5.74, 6) is -4.28. The summed E-state index contributed by atoms with van der Waals surface area (Å²) >= 11 is 0. The molecule has 1 aliphatic heterocycles. The zero-order chi connectivity index (χ0) is 22.8. The third-order valence-electron chi connectivity index (χ3n) is 6.67. The van der Waals surface area contributed by atoms with Crippen LogP contribution in [0.2, 0.25) is 0 Å². The van der Waals surface area contributed by atoms with Gasteiger partial charge < -0.3 is 20.3 Å². The predicted octanol–water partition coefficient (Wildman–Crippen LogP) is 2.82. The highest BCUT2D eigenvalue weighted by molar-refractivity contribution is 5.92. The van der Waals surface area contributed by atoms with Crippen LogP contribution < -0.4 is 16.1 Å². The second kappa shape index (κ2) is 7.06. The van der Waals surface area contributed by atoms with Gasteiger partial charge in [-0.1, -0.05) is 0 Å². The second-order valence-corrected chi connectivity index (χ2v) is 8.47. The maximum absolute atomic E-state index is 15.0. The van der Waals surface area contributed by atoms with Crippen molar-refractivity contribution in [2.45, 2.75) is 25.3 Å². The number of rotatable bonds is 3. The molecule has 0 amide bonds. The first kappa shape index (κ1) is 20.5. The largest absolute Gasteiger partial charge is 0.477 e. The highest BCUT2D eigenvalue weighted by Crippen LogP contribution is 2.53. The van der Waals surface area contributed by atoms with E-state index in [2.05, 4.69) is 4.98 Å². The van der Waals surface area contributed by atoms with E-state index in [0.717, 1.165) is 42.2 Å². The van der Waals surface area contributed by atoms with E-state index in [9.17, 15) is 27.9 Å². The van der Waals surface area contributed by atoms with Crippen LogP contribution in [0.4, 0.5) is 18.9 Å². The normalized spacial score (nSPS) is 19.5. The van der Waals surface area contributed by atoms with Gasteiger partial charge in [-0.05, 0) is 42.9 Å². The molecular formula is C22H19F3N4O3. The summed E-state index contributed by atoms with van der Waals surface area (Å²) in [6, 6.07) is 4.27. The molecule has 5 rings (SSSR count). The van der Waals surface area contributed by atoms with E-state index in [1.54, 1.807) is 4.90 Å². The topological polar surface area (TPSA) is 101 Å². The first-order chi connectivity index (χ1) is 15.2. The number of benzene rings is 1. The molecule has 0 radical (unpaired) electrons. The molecule has 1 unspecified atom stereocenters. The Labute approximate surface area is 179 Å². The molecule has 1 aromatic carbocycles. The lowest BCUT2D eigenvalue weighted by atomic mass is 9.92. The number of fused-ring (bicyclic) bond motifs is 1. The number of halogens is 3. The Morgan fingerprint density at radius 1 is 1.16 bits per heavy atom. The molecule has 3 aromatic rings. The molecular weight excluding hydrogens is 425 g/mol. The minimum Gasteiger partial charge on any atom is -0.477 e. The van der Waals surface area contributed by atoms with Crippen LogP contribution in [0.15, 0.2) is 35.3 Å². The van der Waals surface area contributed by atoms with Crippen LogP contribution in [0.5, 0.6) is 0 Å². The number of carbonyl (C=O) groups is 1. The van der Waals surface area contributed by atoms with Gasteiger partial charge >= 0.3 is 5.97 Å². The SMILES string of the molecule is NC1CC12CCN(c1cc3c(nc1F)c(=O)c(C(=O)O)cn3-c1ccc(F)cc1F)CC2. The van der Waals surface area contributed by atoms with E-state index >= 15 is 0 Å². The van der Waals surface area contributed by atoms with Crippen molar-refractivity contribution in [3.63, 3.8) is 0 Å². The predicted molar refractivity (Wildman–Crippen MR) is 111 cm³/mol. The molecule has 1 aliphatic carbocycles. The van der Waals surface area contributed by atoms with Gasteiger partial charge in [0.2, 0.25) is 11.4 Å². The molecule has 10 heteroatoms. The van der Waals surface area contributed by atoms with Crippen molar-refractivity contribution in [2.24, 2.45) is 11.1 Å². The van der Waals surface area contributed by atoms with Crippen LogP contribution in [0.3, 0.4) is 0 Å². The van der Waals surface area contributed by atoms with Crippen molar-refractivity contribution >= 4 is 22.7 Å². The number of aromatic nitrogens is 2. The Balaban J connectivity index is 1.69. The van der Waals surface area contributed by atoms with Gasteiger partial charge in [0.25, 0.3) is 0 Å². The van der Waals surface area contributed by atoms with Crippen LogP contribution in [0.1, 0.15) is 29.6 Å². The van der Waals surface area contributed by atoms with Crippen molar-refractivity contribution in [3.8, 4) is 5.69 Å². The molecule has 32 heavy (non-hydrogen) atoms. The van der Waals surface area contributed by atoms with Crippen LogP contribution in [-0.2, 0) is 0 Å². The fraction of sp³-hybridized carbons (Fsp3) is 0.318. The van der Waals surface area contributed by atoms with Gasteiger partial charge in [-0.25, -0.2) is 18.6 Å². The average molecular weight is 444 g/mol. The summed E-state index contributed by atoms with van der Waals surface area (Å²) in [5, 5.41) is 9.41. The lowest BCUT2D eigenvalue weighted by Gasteiger charge is -2.34. The number of aromatic carboxylic acids is 1. The van der Waals surface area contributed by atoms with Crippen LogP contribution in [0.25, 0.3) is 16.7 Å². The molecule has 7 nitrogen and oxygen atoms in total. The average Bonchev–Trinajstić information content (AvgIpc) is 3.37. The number of nitrogens with two attached hydrogens (primary N) is 1. The van der Waals surface area contributed by atoms with Crippen LogP contribution in [-0.4, -0.2) is 39.8 Å². The van der Waals surface area contributed by atoms with Crippen molar-refractivity contribution < 1.29 is 23.1 Å². The summed E-state index contributed by atoms with van der Waals surface area (Å²) in [6.07, 6.45) is 3.48. The molecule has 1 atom stereocenters. The second-order valence-electron chi connectivity index (χ2n) is 8.47. The van der Waals surface area contributed by atoms with Gasteiger partial charge in [-0.3, -0.25) is 4.79 Å². The van der Waals surface area contributed by atoms with E-state index in [4.69, 9.17) is 5.73 Å². The fourth-order valence-corrected chi connectivity index (χ4v) is 4.60. The maximum atomic E-state index is 15.0. The van der Waals surface area contributed by atoms with Gasteiger partial charge in [0, 0.05) is 31.4 Å². The van der Waals surface area contributed by atoms with Crippen molar-refractivity contribution in [1.82, 2.24) is 9.55 Å². The minimum absolute atomic E-state index is 0.0188. The van der Waals surface area contributed by atoms with E-state index in [1.165, 1.54) is 6.07 Å². The molecule has 1 saturated carbocycles. The van der Waals surface area contributed by atoms with Gasteiger partial charge in [0.15, 0.2) is 0 Å². The van der Waals surface area contributed by atoms with E-state index in [1.807, 2.05) is 0 Å². The summed E-state index contributed by atoms with van der Waals surface area (Å²) in [7, 11) is 0. The van der Waals surface area contributed by atoms with Gasteiger partial charge in [0.1, 0.15) is 22.7 Å². The highest BCUT2D eigenvalue weighted by Gasteiger charge is 2.52. The molecule has 3 heterocycles. The molecule has 2 aromatic heterocycles. The summed E-state index contributed by atoms with van der Waals surface area (Å²) in [4.78, 5) is 29.8. The number of hydrogen-bond donors (Lipinski definition) is 2. The highest BCUT2D eigenvalue weighted by atomic mass is 19.1. The fourth-order valence-electron chi connectivity index (χ4n) is 4.60. The maximum Gasteiger partial charge on any atom is 0.341 e. The number of carboxylic acid groups (broad SMARTS) is 1. The zero-order valence-corrected chi connectivity index (χ0v) is 16.8. The van der Waals surface area contributed by atoms with Crippen molar-refractivity contribution in [3.05, 3.63) is 63.8 Å². The number of nitrogens with zero attached hydrogens (tertiary/aromatic N) is 3. The smallest absolute Gasteiger partial charge is 0.341 e. The monoisotopic (exact) mass is 444 g/mol. The molecule has 166 valence electrons. The Morgan fingerprint density at radius 2 is 1.84 bits per heavy atom. The summed E-state index contributed by atoms with van der Waals surface area (Å²) in [6.45, 7) is 1.08. The minimum atomic E-state index is -1.57. The lowest BCUT2D eigenvalue weighted by Crippen LogP contribution is -2.37. The molecule has 1 saturated heterocycles. The molecule has 1 spiro atoms. The molecule has 0 bridgehead atoms. The number of carboxylic acids is 1. The van der Waals surface area contributed by atoms with E-state index < -0.39 is 40.1 Å². The van der Waals surface area contributed by atoms with Crippen molar-refractivity contribution in [1.29, 1.82) is 0 Å². The lowest BCUT2D eigenvalue weighted by molar-refractivity contribution is 0.0695. The van der Waals surface area contributed by atoms with E-state index in [-0.39, 0.29) is 28.3 Å². The number of pyridine rings is 2. The van der Waals surface area contributed by atoms with Crippen LogP contribution >= 0.6 is 0 Å². The van der Waals surface area contributed by atoms with Gasteiger partial charge in [-0.15, -0.1) is 0 Å². The Hall–Kier alpha value is -3.40. The Bertz CT molecular complexity index is 1330. The van der Waals surface area contributed by atoms with Gasteiger partial charge in [0.05, 0.1) is 16.9 Å². The quantitative estimate of drug-likeness (QED) is 0.603. The standard InChI is InChI=1S/C22H19F3N4O3/c23-11-1-2-14(13(24)7-11)29-10-12(21(31)32)19(30)18-15(29)8-16(20(25)27-18)28-5-3-22(4-6-28)9-17(22)26/h1-2,7-8,10,17H,3-6,9,26H2,(H,31,32). The number of anilines is 1. The molecule has 2 fully saturated rings. The first-order valence-corrected chi connectivity index (χ1v) is 10.2. The Kier molecular flexibility index (Phi) is 4.52. The molecule has 2 aliphatic rings. The number of hydrogen-bond acceptors (Lipinski definition) is 5. The summed E-state index contributed by atoms with van der Waals surface area (Å²) in [5.41, 5.74) is 3.94. The Morgan fingerprint density at radius 3 is 2.44 bits per heavy atom. The third-order valence-corrected chi connectivity index (χ3v) is 6.67. The number of piperidine rings is 1. The molecule has 3 N–H and O–H groups in total. The van der Waals surface area contributed by atoms with Crippen LogP contribution in [0, 0.1) is 23.0 Å².